The number of aliphatic hydroxyl groups is 1. The molecule has 1 aliphatic rings. The molecule has 1 aromatic heterocycles. The number of aliphatic hydroxyl groups excluding tert-OH is 1. The van der Waals surface area contributed by atoms with Crippen molar-refractivity contribution in [3.05, 3.63) is 17.7 Å². The number of halogens is 1. The topological polar surface area (TPSA) is 38.1 Å². The van der Waals surface area contributed by atoms with Crippen LogP contribution in [0.25, 0.3) is 0 Å². The highest BCUT2D eigenvalue weighted by molar-refractivity contribution is 5.11. The van der Waals surface area contributed by atoms with Crippen LogP contribution in [0.1, 0.15) is 44.0 Å². The molecule has 0 bridgehead atoms. The van der Waals surface area contributed by atoms with Crippen molar-refractivity contribution in [1.82, 2.24) is 9.78 Å². The lowest BCUT2D eigenvalue weighted by atomic mass is 9.99. The molecule has 0 aliphatic carbocycles. The van der Waals surface area contributed by atoms with Crippen LogP contribution in [0.2, 0.25) is 0 Å². The fourth-order valence-electron chi connectivity index (χ4n) is 1.94. The first kappa shape index (κ1) is 8.69. The molecule has 4 heteroatoms. The van der Waals surface area contributed by atoms with Gasteiger partial charge in [0.1, 0.15) is 5.69 Å². The Hall–Kier alpha value is -0.900. The van der Waals surface area contributed by atoms with Gasteiger partial charge in [0, 0.05) is 0 Å². The van der Waals surface area contributed by atoms with Gasteiger partial charge in [0.05, 0.1) is 18.3 Å². The Kier molecular flexibility index (Phi) is 2.07. The normalized spacial score (nSPS) is 27.3. The van der Waals surface area contributed by atoms with Crippen LogP contribution in [-0.4, -0.2) is 14.9 Å². The van der Waals surface area contributed by atoms with E-state index in [0.717, 1.165) is 12.8 Å². The van der Waals surface area contributed by atoms with E-state index in [1.807, 2.05) is 6.92 Å². The van der Waals surface area contributed by atoms with Gasteiger partial charge in [-0.2, -0.15) is 5.10 Å². The lowest BCUT2D eigenvalue weighted by Gasteiger charge is -2.26. The molecule has 2 heterocycles. The minimum absolute atomic E-state index is 0.253. The summed E-state index contributed by atoms with van der Waals surface area (Å²) in [7, 11) is 0. The van der Waals surface area contributed by atoms with Gasteiger partial charge in [-0.3, -0.25) is 4.68 Å². The molecule has 0 amide bonds. The van der Waals surface area contributed by atoms with Gasteiger partial charge in [0.2, 0.25) is 0 Å². The second kappa shape index (κ2) is 3.10. The zero-order chi connectivity index (χ0) is 9.42. The van der Waals surface area contributed by atoms with Gasteiger partial charge in [-0.1, -0.05) is 6.92 Å². The SMILES string of the molecule is CCC1CCC(O)c2c(F)cnn21. The van der Waals surface area contributed by atoms with Gasteiger partial charge in [-0.05, 0) is 19.3 Å². The van der Waals surface area contributed by atoms with Gasteiger partial charge in [0.25, 0.3) is 0 Å². The van der Waals surface area contributed by atoms with E-state index in [1.54, 1.807) is 4.68 Å². The van der Waals surface area contributed by atoms with Crippen molar-refractivity contribution >= 4 is 0 Å². The fourth-order valence-corrected chi connectivity index (χ4v) is 1.94. The van der Waals surface area contributed by atoms with Gasteiger partial charge in [0.15, 0.2) is 5.82 Å². The zero-order valence-electron chi connectivity index (χ0n) is 7.57. The van der Waals surface area contributed by atoms with E-state index >= 15 is 0 Å². The Bertz CT molecular complexity index is 311. The van der Waals surface area contributed by atoms with Crippen LogP contribution in [0.4, 0.5) is 4.39 Å². The lowest BCUT2D eigenvalue weighted by molar-refractivity contribution is 0.115. The second-order valence-electron chi connectivity index (χ2n) is 3.48. The largest absolute Gasteiger partial charge is 0.387 e. The summed E-state index contributed by atoms with van der Waals surface area (Å²) >= 11 is 0. The average molecular weight is 184 g/mol. The number of nitrogens with zero attached hydrogens (tertiary/aromatic N) is 2. The quantitative estimate of drug-likeness (QED) is 0.722. The molecular formula is C9H13FN2O. The van der Waals surface area contributed by atoms with Crippen molar-refractivity contribution in [1.29, 1.82) is 0 Å². The average Bonchev–Trinajstić information content (AvgIpc) is 2.50. The van der Waals surface area contributed by atoms with E-state index in [9.17, 15) is 9.50 Å². The minimum atomic E-state index is -0.676. The summed E-state index contributed by atoms with van der Waals surface area (Å²) in [6.45, 7) is 2.05. The van der Waals surface area contributed by atoms with E-state index in [1.165, 1.54) is 6.20 Å². The summed E-state index contributed by atoms with van der Waals surface area (Å²) in [5, 5.41) is 13.5. The Morgan fingerprint density at radius 1 is 1.69 bits per heavy atom. The highest BCUT2D eigenvalue weighted by Crippen LogP contribution is 2.33. The van der Waals surface area contributed by atoms with E-state index in [-0.39, 0.29) is 11.9 Å². The van der Waals surface area contributed by atoms with Crippen molar-refractivity contribution in [3.63, 3.8) is 0 Å². The van der Waals surface area contributed by atoms with E-state index in [0.29, 0.717) is 12.1 Å². The third-order valence-corrected chi connectivity index (χ3v) is 2.69. The second-order valence-corrected chi connectivity index (χ2v) is 3.48. The Labute approximate surface area is 76.2 Å². The van der Waals surface area contributed by atoms with Crippen molar-refractivity contribution in [2.24, 2.45) is 0 Å². The molecule has 2 unspecified atom stereocenters. The monoisotopic (exact) mass is 184 g/mol. The molecule has 0 fully saturated rings. The number of hydrogen-bond donors (Lipinski definition) is 1. The Balaban J connectivity index is 2.44. The van der Waals surface area contributed by atoms with Crippen LogP contribution < -0.4 is 0 Å². The van der Waals surface area contributed by atoms with Gasteiger partial charge < -0.3 is 5.11 Å². The van der Waals surface area contributed by atoms with Crippen LogP contribution in [0.3, 0.4) is 0 Å². The smallest absolute Gasteiger partial charge is 0.166 e. The first-order chi connectivity index (χ1) is 6.24. The summed E-state index contributed by atoms with van der Waals surface area (Å²) in [6.07, 6.45) is 2.96. The number of fused-ring (bicyclic) bond motifs is 1. The summed E-state index contributed by atoms with van der Waals surface area (Å²) < 4.78 is 14.8. The maximum atomic E-state index is 13.1. The first-order valence-corrected chi connectivity index (χ1v) is 4.65. The van der Waals surface area contributed by atoms with Crippen LogP contribution in [0.5, 0.6) is 0 Å². The molecular weight excluding hydrogens is 171 g/mol. The molecule has 0 saturated heterocycles. The molecule has 13 heavy (non-hydrogen) atoms. The highest BCUT2D eigenvalue weighted by atomic mass is 19.1. The number of rotatable bonds is 1. The third-order valence-electron chi connectivity index (χ3n) is 2.69. The van der Waals surface area contributed by atoms with E-state index < -0.39 is 6.10 Å². The van der Waals surface area contributed by atoms with E-state index in [2.05, 4.69) is 5.10 Å². The van der Waals surface area contributed by atoms with E-state index in [4.69, 9.17) is 0 Å². The molecule has 1 aromatic rings. The van der Waals surface area contributed by atoms with Crippen molar-refractivity contribution in [3.8, 4) is 0 Å². The molecule has 0 radical (unpaired) electrons. The molecule has 1 aliphatic heterocycles. The van der Waals surface area contributed by atoms with Crippen LogP contribution >= 0.6 is 0 Å². The third kappa shape index (κ3) is 1.25. The highest BCUT2D eigenvalue weighted by Gasteiger charge is 2.28. The predicted octanol–water partition coefficient (Wildman–Crippen LogP) is 1.80. The number of aromatic nitrogens is 2. The summed E-state index contributed by atoms with van der Waals surface area (Å²) in [5.74, 6) is -0.384. The molecule has 0 saturated carbocycles. The molecule has 2 rings (SSSR count). The standard InChI is InChI=1S/C9H13FN2O/c1-2-6-3-4-8(13)9-7(10)5-11-12(6)9/h5-6,8,13H,2-4H2,1H3. The van der Waals surface area contributed by atoms with Gasteiger partial charge in [-0.15, -0.1) is 0 Å². The summed E-state index contributed by atoms with van der Waals surface area (Å²) in [4.78, 5) is 0. The molecule has 72 valence electrons. The zero-order valence-corrected chi connectivity index (χ0v) is 7.57. The predicted molar refractivity (Wildman–Crippen MR) is 45.7 cm³/mol. The summed E-state index contributed by atoms with van der Waals surface area (Å²) in [6, 6.07) is 0.253. The molecule has 1 N–H and O–H groups in total. The first-order valence-electron chi connectivity index (χ1n) is 4.65. The van der Waals surface area contributed by atoms with Crippen molar-refractivity contribution in [2.45, 2.75) is 38.3 Å². The van der Waals surface area contributed by atoms with Crippen molar-refractivity contribution in [2.75, 3.05) is 0 Å². The Morgan fingerprint density at radius 3 is 3.15 bits per heavy atom. The molecule has 3 nitrogen and oxygen atoms in total. The van der Waals surface area contributed by atoms with Gasteiger partial charge >= 0.3 is 0 Å². The number of hydrogen-bond acceptors (Lipinski definition) is 2. The summed E-state index contributed by atoms with van der Waals surface area (Å²) in [5.41, 5.74) is 0.359. The van der Waals surface area contributed by atoms with Crippen molar-refractivity contribution < 1.29 is 9.50 Å². The Morgan fingerprint density at radius 2 is 2.46 bits per heavy atom. The minimum Gasteiger partial charge on any atom is -0.387 e. The maximum absolute atomic E-state index is 13.1. The molecule has 2 atom stereocenters. The molecule has 0 aromatic carbocycles. The van der Waals surface area contributed by atoms with Crippen LogP contribution in [0, 0.1) is 5.82 Å². The maximum Gasteiger partial charge on any atom is 0.166 e. The molecule has 0 spiro atoms. The van der Waals surface area contributed by atoms with Crippen LogP contribution in [-0.2, 0) is 0 Å². The fraction of sp³-hybridized carbons (Fsp3) is 0.667. The van der Waals surface area contributed by atoms with Crippen LogP contribution in [0.15, 0.2) is 6.20 Å². The lowest BCUT2D eigenvalue weighted by Crippen LogP contribution is -2.22. The van der Waals surface area contributed by atoms with Gasteiger partial charge in [-0.25, -0.2) is 4.39 Å².